The average Bonchev–Trinajstić information content (AvgIpc) is 2.73. The highest BCUT2D eigenvalue weighted by molar-refractivity contribution is 7.99. The maximum absolute atomic E-state index is 5.72. The molecule has 7 heteroatoms. The highest BCUT2D eigenvalue weighted by Gasteiger charge is 2.44. The van der Waals surface area contributed by atoms with Gasteiger partial charge in [-0.05, 0) is 65.6 Å². The Bertz CT molecular complexity index is 427. The van der Waals surface area contributed by atoms with Gasteiger partial charge >= 0.3 is 0 Å². The molecule has 1 heterocycles. The third-order valence-electron chi connectivity index (χ3n) is 4.73. The molecule has 0 amide bonds. The van der Waals surface area contributed by atoms with Gasteiger partial charge in [-0.25, -0.2) is 4.90 Å². The molecule has 0 radical (unpaired) electrons. The second kappa shape index (κ2) is 8.32. The Balaban J connectivity index is 2.09. The average molecular weight is 376 g/mol. The van der Waals surface area contributed by atoms with Crippen LogP contribution in [0.5, 0.6) is 0 Å². The maximum atomic E-state index is 5.72. The van der Waals surface area contributed by atoms with Crippen LogP contribution in [0.2, 0.25) is 0 Å². The van der Waals surface area contributed by atoms with Gasteiger partial charge in [0.25, 0.3) is 5.11 Å². The number of nitrogens with one attached hydrogen (secondary N) is 2. The lowest BCUT2D eigenvalue weighted by Gasteiger charge is -2.36. The van der Waals surface area contributed by atoms with E-state index in [0.717, 1.165) is 10.2 Å². The van der Waals surface area contributed by atoms with E-state index in [0.29, 0.717) is 18.1 Å². The molecule has 2 N–H and O–H groups in total. The summed E-state index contributed by atoms with van der Waals surface area (Å²) in [4.78, 5) is 3.68. The van der Waals surface area contributed by atoms with Gasteiger partial charge in [-0.3, -0.25) is 4.31 Å². The first-order valence-corrected chi connectivity index (χ1v) is 10.4. The molecule has 23 heavy (non-hydrogen) atoms. The molecule has 2 atom stereocenters. The van der Waals surface area contributed by atoms with Gasteiger partial charge in [0.15, 0.2) is 5.11 Å². The topological polar surface area (TPSA) is 22.9 Å². The van der Waals surface area contributed by atoms with E-state index in [1.807, 2.05) is 0 Å². The number of thiocarbonyl (C=S) groups is 2. The Morgan fingerprint density at radius 3 is 2.30 bits per heavy atom. The first-order valence-electron chi connectivity index (χ1n) is 8.73. The Hall–Kier alpha value is -0.110. The van der Waals surface area contributed by atoms with Crippen LogP contribution in [-0.2, 0) is 0 Å². The standard InChI is InChI=1S/C16H30N4S3/c1-11(2)19(12(3)4)14(21)17-15-20(16(22)18(5)23-15)13-9-7-6-8-10-13/h11-13,15H,6-10H2,1-5H3,(H,17,21)/p+1. The van der Waals surface area contributed by atoms with Crippen molar-refractivity contribution in [2.45, 2.75) is 83.4 Å². The van der Waals surface area contributed by atoms with E-state index < -0.39 is 0 Å². The van der Waals surface area contributed by atoms with Crippen LogP contribution < -0.4 is 10.2 Å². The predicted molar refractivity (Wildman–Crippen MR) is 107 cm³/mol. The van der Waals surface area contributed by atoms with Crippen molar-refractivity contribution in [1.29, 1.82) is 0 Å². The predicted octanol–water partition coefficient (Wildman–Crippen LogP) is 2.36. The molecular formula is C16H31N4S3+. The third-order valence-corrected chi connectivity index (χ3v) is 6.76. The fourth-order valence-electron chi connectivity index (χ4n) is 3.72. The van der Waals surface area contributed by atoms with Crippen molar-refractivity contribution in [3.05, 3.63) is 0 Å². The van der Waals surface area contributed by atoms with Crippen molar-refractivity contribution in [3.63, 3.8) is 0 Å². The molecule has 0 aromatic carbocycles. The van der Waals surface area contributed by atoms with Crippen LogP contribution >= 0.6 is 36.4 Å². The van der Waals surface area contributed by atoms with Crippen molar-refractivity contribution in [2.75, 3.05) is 7.05 Å². The van der Waals surface area contributed by atoms with Crippen LogP contribution in [-0.4, -0.2) is 50.1 Å². The molecule has 1 saturated heterocycles. The molecule has 1 saturated carbocycles. The van der Waals surface area contributed by atoms with Crippen molar-refractivity contribution < 1.29 is 4.90 Å². The fraction of sp³-hybridized carbons (Fsp3) is 0.875. The number of hydrogen-bond donors (Lipinski definition) is 2. The van der Waals surface area contributed by atoms with Gasteiger partial charge in [-0.15, -0.1) is 0 Å². The Labute approximate surface area is 156 Å². The van der Waals surface area contributed by atoms with Crippen LogP contribution in [0.15, 0.2) is 0 Å². The molecule has 0 aromatic heterocycles. The Morgan fingerprint density at radius 2 is 1.78 bits per heavy atom. The molecule has 1 aliphatic carbocycles. The molecule has 0 spiro atoms. The minimum absolute atomic E-state index is 0.197. The second-order valence-corrected chi connectivity index (χ2v) is 9.13. The SMILES string of the molecule is CC(C)N(C(=S)NC1SN(C)C(=S)[NH+]1C1CCCCC1)C(C)C. The van der Waals surface area contributed by atoms with Crippen LogP contribution in [0.1, 0.15) is 59.8 Å². The van der Waals surface area contributed by atoms with Gasteiger partial charge in [-0.1, -0.05) is 6.42 Å². The van der Waals surface area contributed by atoms with Crippen molar-refractivity contribution >= 4 is 46.6 Å². The zero-order chi connectivity index (χ0) is 17.1. The molecule has 4 nitrogen and oxygen atoms in total. The van der Waals surface area contributed by atoms with E-state index >= 15 is 0 Å². The smallest absolute Gasteiger partial charge is 0.283 e. The summed E-state index contributed by atoms with van der Waals surface area (Å²) >= 11 is 13.2. The molecule has 1 aliphatic heterocycles. The van der Waals surface area contributed by atoms with E-state index in [2.05, 4.69) is 49.3 Å². The minimum atomic E-state index is 0.197. The van der Waals surface area contributed by atoms with Crippen molar-refractivity contribution in [2.24, 2.45) is 0 Å². The van der Waals surface area contributed by atoms with Crippen LogP contribution in [0.25, 0.3) is 0 Å². The van der Waals surface area contributed by atoms with Gasteiger partial charge in [0, 0.05) is 43.3 Å². The lowest BCUT2D eigenvalue weighted by Crippen LogP contribution is -3.21. The van der Waals surface area contributed by atoms with E-state index in [4.69, 9.17) is 24.4 Å². The summed E-state index contributed by atoms with van der Waals surface area (Å²) in [6.07, 6.45) is 6.56. The second-order valence-electron chi connectivity index (χ2n) is 7.12. The summed E-state index contributed by atoms with van der Waals surface area (Å²) < 4.78 is 2.13. The van der Waals surface area contributed by atoms with Gasteiger partial charge in [0.1, 0.15) is 0 Å². The minimum Gasteiger partial charge on any atom is -0.344 e. The fourth-order valence-corrected chi connectivity index (χ4v) is 5.92. The highest BCUT2D eigenvalue weighted by atomic mass is 32.2. The lowest BCUT2D eigenvalue weighted by atomic mass is 9.94. The number of rotatable bonds is 4. The molecule has 2 fully saturated rings. The number of quaternary nitrogens is 1. The maximum Gasteiger partial charge on any atom is 0.283 e. The first-order chi connectivity index (χ1) is 10.8. The van der Waals surface area contributed by atoms with Crippen molar-refractivity contribution in [1.82, 2.24) is 14.5 Å². The number of nitrogens with zero attached hydrogens (tertiary/aromatic N) is 2. The van der Waals surface area contributed by atoms with Gasteiger partial charge in [0.05, 0.1) is 6.04 Å². The van der Waals surface area contributed by atoms with E-state index in [1.165, 1.54) is 37.0 Å². The zero-order valence-electron chi connectivity index (χ0n) is 15.0. The monoisotopic (exact) mass is 375 g/mol. The summed E-state index contributed by atoms with van der Waals surface area (Å²) in [6, 6.07) is 1.41. The van der Waals surface area contributed by atoms with Crippen LogP contribution in [0.4, 0.5) is 0 Å². The molecule has 132 valence electrons. The third kappa shape index (κ3) is 4.50. The van der Waals surface area contributed by atoms with Crippen LogP contribution in [0, 0.1) is 0 Å². The molecule has 2 rings (SSSR count). The number of hydrogen-bond acceptors (Lipinski definition) is 3. The molecule has 2 aliphatic rings. The normalized spacial score (nSPS) is 26.2. The largest absolute Gasteiger partial charge is 0.344 e. The van der Waals surface area contributed by atoms with E-state index in [9.17, 15) is 0 Å². The van der Waals surface area contributed by atoms with Crippen LogP contribution in [0.3, 0.4) is 0 Å². The van der Waals surface area contributed by atoms with E-state index in [-0.39, 0.29) is 5.50 Å². The van der Waals surface area contributed by atoms with Gasteiger partial charge in [0.2, 0.25) is 5.50 Å². The summed E-state index contributed by atoms with van der Waals surface area (Å²) in [5.41, 5.74) is 0.197. The molecule has 2 unspecified atom stereocenters. The molecular weight excluding hydrogens is 344 g/mol. The summed E-state index contributed by atoms with van der Waals surface area (Å²) in [5.74, 6) is 0. The summed E-state index contributed by atoms with van der Waals surface area (Å²) in [5, 5.41) is 5.47. The highest BCUT2D eigenvalue weighted by Crippen LogP contribution is 2.22. The Kier molecular flexibility index (Phi) is 6.95. The molecule has 0 aromatic rings. The summed E-state index contributed by atoms with van der Waals surface area (Å²) in [6.45, 7) is 8.77. The first kappa shape index (κ1) is 19.2. The zero-order valence-corrected chi connectivity index (χ0v) is 17.4. The summed E-state index contributed by atoms with van der Waals surface area (Å²) in [7, 11) is 2.07. The Morgan fingerprint density at radius 1 is 1.22 bits per heavy atom. The quantitative estimate of drug-likeness (QED) is 0.578. The van der Waals surface area contributed by atoms with Gasteiger partial charge in [-0.2, -0.15) is 0 Å². The van der Waals surface area contributed by atoms with Gasteiger partial charge < -0.3 is 10.2 Å². The molecule has 0 bridgehead atoms. The lowest BCUT2D eigenvalue weighted by molar-refractivity contribution is -0.846. The van der Waals surface area contributed by atoms with E-state index in [1.54, 1.807) is 11.9 Å². The van der Waals surface area contributed by atoms with Crippen molar-refractivity contribution in [3.8, 4) is 0 Å².